The van der Waals surface area contributed by atoms with Gasteiger partial charge in [-0.05, 0) is 25.1 Å². The quantitative estimate of drug-likeness (QED) is 0.846. The minimum atomic E-state index is -3.31. The van der Waals surface area contributed by atoms with Crippen LogP contribution in [0, 0.1) is 5.82 Å². The van der Waals surface area contributed by atoms with E-state index >= 15 is 0 Å². The zero-order chi connectivity index (χ0) is 11.6. The first-order valence-corrected chi connectivity index (χ1v) is 4.37. The van der Waals surface area contributed by atoms with Crippen LogP contribution in [0.2, 0.25) is 0 Å². The van der Waals surface area contributed by atoms with Gasteiger partial charge in [-0.15, -0.1) is 0 Å². The largest absolute Gasteiger partial charge is 0.496 e. The maximum atomic E-state index is 13.5. The molecule has 0 saturated carbocycles. The minimum Gasteiger partial charge on any atom is -0.496 e. The fourth-order valence-corrected chi connectivity index (χ4v) is 1.19. The van der Waals surface area contributed by atoms with Crippen LogP contribution in [0.5, 0.6) is 5.75 Å². The first kappa shape index (κ1) is 11.8. The molecule has 1 aromatic carbocycles. The maximum Gasteiger partial charge on any atom is 0.291 e. The van der Waals surface area contributed by atoms with Gasteiger partial charge in [0.15, 0.2) is 0 Å². The molecule has 0 saturated heterocycles. The van der Waals surface area contributed by atoms with Crippen molar-refractivity contribution in [2.75, 3.05) is 7.11 Å². The van der Waals surface area contributed by atoms with E-state index < -0.39 is 23.3 Å². The second-order valence-corrected chi connectivity index (χ2v) is 3.26. The summed E-state index contributed by atoms with van der Waals surface area (Å²) >= 11 is 0. The molecular weight excluding hydrogens is 207 g/mol. The minimum absolute atomic E-state index is 0.0706. The molecule has 0 radical (unpaired) electrons. The van der Waals surface area contributed by atoms with Crippen molar-refractivity contribution in [3.63, 3.8) is 0 Å². The lowest BCUT2D eigenvalue weighted by atomic mass is 10.0. The fraction of sp³-hybridized carbons (Fsp3) is 0.400. The maximum absolute atomic E-state index is 13.5. The molecule has 0 aromatic heterocycles. The molecule has 0 bridgehead atoms. The fourth-order valence-electron chi connectivity index (χ4n) is 1.19. The first-order valence-electron chi connectivity index (χ1n) is 4.37. The van der Waals surface area contributed by atoms with Crippen LogP contribution < -0.4 is 10.5 Å². The van der Waals surface area contributed by atoms with E-state index in [0.29, 0.717) is 0 Å². The van der Waals surface area contributed by atoms with E-state index in [9.17, 15) is 13.2 Å². The van der Waals surface area contributed by atoms with E-state index in [-0.39, 0.29) is 5.75 Å². The number of hydrogen-bond donors (Lipinski definition) is 1. The Labute approximate surface area is 85.8 Å². The van der Waals surface area contributed by atoms with E-state index in [1.54, 1.807) is 0 Å². The summed E-state index contributed by atoms with van der Waals surface area (Å²) in [5.74, 6) is -4.13. The van der Waals surface area contributed by atoms with Crippen molar-refractivity contribution in [3.8, 4) is 5.75 Å². The molecule has 5 heteroatoms. The topological polar surface area (TPSA) is 35.2 Å². The molecule has 1 aromatic rings. The zero-order valence-electron chi connectivity index (χ0n) is 8.43. The second kappa shape index (κ2) is 4.10. The summed E-state index contributed by atoms with van der Waals surface area (Å²) in [6.45, 7) is 1.16. The van der Waals surface area contributed by atoms with Gasteiger partial charge in [0.25, 0.3) is 5.92 Å². The van der Waals surface area contributed by atoms with Crippen LogP contribution in [0.1, 0.15) is 12.5 Å². The average Bonchev–Trinajstić information content (AvgIpc) is 2.17. The summed E-state index contributed by atoms with van der Waals surface area (Å²) in [5, 5.41) is 0. The molecule has 0 aliphatic carbocycles. The molecule has 1 atom stereocenters. The van der Waals surface area contributed by atoms with Crippen LogP contribution in [0.25, 0.3) is 0 Å². The van der Waals surface area contributed by atoms with Gasteiger partial charge < -0.3 is 10.5 Å². The molecular formula is C10H12F3NO. The highest BCUT2D eigenvalue weighted by Crippen LogP contribution is 2.37. The molecule has 2 nitrogen and oxygen atoms in total. The van der Waals surface area contributed by atoms with Gasteiger partial charge in [-0.3, -0.25) is 0 Å². The Morgan fingerprint density at radius 1 is 1.40 bits per heavy atom. The Hall–Kier alpha value is -1.23. The van der Waals surface area contributed by atoms with Crippen molar-refractivity contribution >= 4 is 0 Å². The highest BCUT2D eigenvalue weighted by Gasteiger charge is 2.39. The Morgan fingerprint density at radius 3 is 2.47 bits per heavy atom. The second-order valence-electron chi connectivity index (χ2n) is 3.26. The molecule has 0 heterocycles. The van der Waals surface area contributed by atoms with Crippen LogP contribution in [0.4, 0.5) is 13.2 Å². The van der Waals surface area contributed by atoms with Gasteiger partial charge >= 0.3 is 0 Å². The average molecular weight is 219 g/mol. The predicted molar refractivity (Wildman–Crippen MR) is 50.5 cm³/mol. The monoisotopic (exact) mass is 219 g/mol. The molecule has 0 aliphatic heterocycles. The molecule has 2 N–H and O–H groups in total. The standard InChI is InChI=1S/C10H12F3NO/c1-6(14)10(12,13)8-5-7(11)3-4-9(8)15-2/h3-6H,14H2,1-2H3. The normalized spacial score (nSPS) is 13.7. The molecule has 0 amide bonds. The summed E-state index contributed by atoms with van der Waals surface area (Å²) in [4.78, 5) is 0. The van der Waals surface area contributed by atoms with Crippen molar-refractivity contribution < 1.29 is 17.9 Å². The third-order valence-corrected chi connectivity index (χ3v) is 2.09. The van der Waals surface area contributed by atoms with Crippen LogP contribution in [0.3, 0.4) is 0 Å². The van der Waals surface area contributed by atoms with Gasteiger partial charge in [0.05, 0.1) is 18.7 Å². The lowest BCUT2D eigenvalue weighted by Gasteiger charge is -2.22. The van der Waals surface area contributed by atoms with E-state index in [4.69, 9.17) is 10.5 Å². The Bertz CT molecular complexity index is 353. The highest BCUT2D eigenvalue weighted by molar-refractivity contribution is 5.38. The van der Waals surface area contributed by atoms with Crippen LogP contribution >= 0.6 is 0 Å². The number of nitrogens with two attached hydrogens (primary N) is 1. The van der Waals surface area contributed by atoms with Crippen LogP contribution in [-0.2, 0) is 5.92 Å². The number of benzene rings is 1. The number of ether oxygens (including phenoxy) is 1. The molecule has 15 heavy (non-hydrogen) atoms. The van der Waals surface area contributed by atoms with Crippen molar-refractivity contribution in [2.24, 2.45) is 5.73 Å². The van der Waals surface area contributed by atoms with E-state index in [1.165, 1.54) is 7.11 Å². The SMILES string of the molecule is COc1ccc(F)cc1C(F)(F)C(C)N. The summed E-state index contributed by atoms with van der Waals surface area (Å²) in [6, 6.07) is 1.54. The summed E-state index contributed by atoms with van der Waals surface area (Å²) in [7, 11) is 1.24. The van der Waals surface area contributed by atoms with Gasteiger partial charge in [0.2, 0.25) is 0 Å². The van der Waals surface area contributed by atoms with Crippen molar-refractivity contribution in [1.29, 1.82) is 0 Å². The first-order chi connectivity index (χ1) is 6.89. The Balaban J connectivity index is 3.28. The summed E-state index contributed by atoms with van der Waals surface area (Å²) in [5.41, 5.74) is 4.62. The van der Waals surface area contributed by atoms with Crippen molar-refractivity contribution in [1.82, 2.24) is 0 Å². The van der Waals surface area contributed by atoms with E-state index in [2.05, 4.69) is 0 Å². The van der Waals surface area contributed by atoms with Crippen molar-refractivity contribution in [2.45, 2.75) is 18.9 Å². The third-order valence-electron chi connectivity index (χ3n) is 2.09. The molecule has 84 valence electrons. The van der Waals surface area contributed by atoms with Crippen molar-refractivity contribution in [3.05, 3.63) is 29.6 Å². The molecule has 0 fully saturated rings. The number of hydrogen-bond acceptors (Lipinski definition) is 2. The lowest BCUT2D eigenvalue weighted by molar-refractivity contribution is -0.0278. The van der Waals surface area contributed by atoms with Crippen LogP contribution in [-0.4, -0.2) is 13.2 Å². The number of alkyl halides is 2. The summed E-state index contributed by atoms with van der Waals surface area (Å²) in [6.07, 6.45) is 0. The summed E-state index contributed by atoms with van der Waals surface area (Å²) < 4.78 is 44.7. The predicted octanol–water partition coefficient (Wildman–Crippen LogP) is 2.27. The highest BCUT2D eigenvalue weighted by atomic mass is 19.3. The smallest absolute Gasteiger partial charge is 0.291 e. The van der Waals surface area contributed by atoms with E-state index in [1.807, 2.05) is 0 Å². The zero-order valence-corrected chi connectivity index (χ0v) is 8.43. The van der Waals surface area contributed by atoms with E-state index in [0.717, 1.165) is 25.1 Å². The molecule has 1 rings (SSSR count). The Morgan fingerprint density at radius 2 is 2.00 bits per heavy atom. The molecule has 0 spiro atoms. The molecule has 1 unspecified atom stereocenters. The van der Waals surface area contributed by atoms with Gasteiger partial charge in [0.1, 0.15) is 11.6 Å². The molecule has 0 aliphatic rings. The number of methoxy groups -OCH3 is 1. The number of halogens is 3. The third kappa shape index (κ3) is 2.23. The van der Waals surface area contributed by atoms with Gasteiger partial charge in [-0.1, -0.05) is 0 Å². The van der Waals surface area contributed by atoms with Gasteiger partial charge in [-0.2, -0.15) is 8.78 Å². The van der Waals surface area contributed by atoms with Gasteiger partial charge in [0, 0.05) is 0 Å². The Kier molecular flexibility index (Phi) is 3.24. The number of rotatable bonds is 3. The lowest BCUT2D eigenvalue weighted by Crippen LogP contribution is -2.36. The van der Waals surface area contributed by atoms with Gasteiger partial charge in [-0.25, -0.2) is 4.39 Å². The van der Waals surface area contributed by atoms with Crippen LogP contribution in [0.15, 0.2) is 18.2 Å².